The highest BCUT2D eigenvalue weighted by atomic mass is 35.5. The molecule has 124 valence electrons. The van der Waals surface area contributed by atoms with Crippen LogP contribution in [0.25, 0.3) is 0 Å². The lowest BCUT2D eigenvalue weighted by molar-refractivity contribution is -0.119. The molecule has 1 aliphatic heterocycles. The summed E-state index contributed by atoms with van der Waals surface area (Å²) in [5, 5.41) is 5.63. The number of alkyl carbamates (subject to hydrolysis) is 1. The molecule has 0 spiro atoms. The number of nitrogens with one attached hydrogen (secondary N) is 2. The zero-order valence-corrected chi connectivity index (χ0v) is 13.5. The number of amides is 2. The van der Waals surface area contributed by atoms with E-state index in [1.54, 1.807) is 30.3 Å². The third-order valence-electron chi connectivity index (χ3n) is 3.64. The van der Waals surface area contributed by atoms with Gasteiger partial charge in [0.2, 0.25) is 0 Å². The van der Waals surface area contributed by atoms with Crippen LogP contribution in [0.15, 0.2) is 48.5 Å². The molecular formula is C17H15ClN2O4. The fourth-order valence-corrected chi connectivity index (χ4v) is 2.75. The molecular weight excluding hydrogens is 332 g/mol. The molecule has 1 heterocycles. The number of cyclic esters (lactones) is 1. The standard InChI is InChI=1S/C17H15ClN2O4/c1-23-13-8-7-11(9-12(13)18)19-16(21)14-15(24-17(22)20-14)10-5-3-2-4-6-10/h2-9,14-15H,1H3,(H,19,21)(H,20,22). The zero-order valence-electron chi connectivity index (χ0n) is 12.8. The molecule has 2 N–H and O–H groups in total. The van der Waals surface area contributed by atoms with Gasteiger partial charge in [-0.25, -0.2) is 4.79 Å². The second kappa shape index (κ2) is 6.80. The number of carbonyl (C=O) groups excluding carboxylic acids is 2. The van der Waals surface area contributed by atoms with Crippen LogP contribution in [-0.2, 0) is 9.53 Å². The molecule has 0 radical (unpaired) electrons. The number of anilines is 1. The van der Waals surface area contributed by atoms with Crippen LogP contribution >= 0.6 is 11.6 Å². The maximum absolute atomic E-state index is 12.5. The van der Waals surface area contributed by atoms with Gasteiger partial charge in [-0.05, 0) is 23.8 Å². The zero-order chi connectivity index (χ0) is 17.1. The molecule has 24 heavy (non-hydrogen) atoms. The van der Waals surface area contributed by atoms with Crippen molar-refractivity contribution in [3.63, 3.8) is 0 Å². The van der Waals surface area contributed by atoms with Crippen LogP contribution in [0, 0.1) is 0 Å². The summed E-state index contributed by atoms with van der Waals surface area (Å²) in [6, 6.07) is 13.1. The van der Waals surface area contributed by atoms with Crippen molar-refractivity contribution in [2.24, 2.45) is 0 Å². The Hall–Kier alpha value is -2.73. The molecule has 1 saturated heterocycles. The first kappa shape index (κ1) is 16.1. The Kier molecular flexibility index (Phi) is 4.57. The first-order chi connectivity index (χ1) is 11.6. The number of carbonyl (C=O) groups is 2. The Balaban J connectivity index is 1.78. The summed E-state index contributed by atoms with van der Waals surface area (Å²) in [5.41, 5.74) is 1.24. The Morgan fingerprint density at radius 2 is 2.00 bits per heavy atom. The van der Waals surface area contributed by atoms with Crippen LogP contribution < -0.4 is 15.4 Å². The quantitative estimate of drug-likeness (QED) is 0.891. The smallest absolute Gasteiger partial charge is 0.408 e. The van der Waals surface area contributed by atoms with Crippen LogP contribution in [0.1, 0.15) is 11.7 Å². The molecule has 0 saturated carbocycles. The number of halogens is 1. The fraction of sp³-hybridized carbons (Fsp3) is 0.176. The molecule has 2 unspecified atom stereocenters. The van der Waals surface area contributed by atoms with E-state index in [9.17, 15) is 9.59 Å². The molecule has 2 aromatic carbocycles. The molecule has 2 atom stereocenters. The van der Waals surface area contributed by atoms with Crippen LogP contribution in [0.4, 0.5) is 10.5 Å². The highest BCUT2D eigenvalue weighted by molar-refractivity contribution is 6.32. The van der Waals surface area contributed by atoms with E-state index >= 15 is 0 Å². The van der Waals surface area contributed by atoms with Crippen molar-refractivity contribution >= 4 is 29.3 Å². The second-order valence-corrected chi connectivity index (χ2v) is 5.60. The first-order valence-electron chi connectivity index (χ1n) is 7.25. The molecule has 6 nitrogen and oxygen atoms in total. The van der Waals surface area contributed by atoms with Gasteiger partial charge in [-0.2, -0.15) is 0 Å². The highest BCUT2D eigenvalue weighted by Crippen LogP contribution is 2.29. The van der Waals surface area contributed by atoms with Gasteiger partial charge in [-0.1, -0.05) is 41.9 Å². The van der Waals surface area contributed by atoms with E-state index < -0.39 is 24.1 Å². The minimum Gasteiger partial charge on any atom is -0.495 e. The Labute approximate surface area is 143 Å². The summed E-state index contributed by atoms with van der Waals surface area (Å²) in [4.78, 5) is 24.1. The van der Waals surface area contributed by atoms with E-state index in [1.165, 1.54) is 7.11 Å². The van der Waals surface area contributed by atoms with Gasteiger partial charge in [0.05, 0.1) is 12.1 Å². The summed E-state index contributed by atoms with van der Waals surface area (Å²) in [6.45, 7) is 0. The van der Waals surface area contributed by atoms with Crippen molar-refractivity contribution in [2.45, 2.75) is 12.1 Å². The largest absolute Gasteiger partial charge is 0.495 e. The molecule has 7 heteroatoms. The lowest BCUT2D eigenvalue weighted by atomic mass is 10.0. The van der Waals surface area contributed by atoms with E-state index in [4.69, 9.17) is 21.1 Å². The van der Waals surface area contributed by atoms with Gasteiger partial charge >= 0.3 is 6.09 Å². The van der Waals surface area contributed by atoms with E-state index in [0.717, 1.165) is 5.56 Å². The molecule has 2 aromatic rings. The van der Waals surface area contributed by atoms with Gasteiger partial charge in [0.25, 0.3) is 5.91 Å². The number of ether oxygens (including phenoxy) is 2. The number of hydrogen-bond acceptors (Lipinski definition) is 4. The maximum Gasteiger partial charge on any atom is 0.408 e. The molecule has 2 amide bonds. The maximum atomic E-state index is 12.5. The number of rotatable bonds is 4. The van der Waals surface area contributed by atoms with Crippen LogP contribution in [0.2, 0.25) is 5.02 Å². The third-order valence-corrected chi connectivity index (χ3v) is 3.94. The van der Waals surface area contributed by atoms with Crippen LogP contribution in [-0.4, -0.2) is 25.2 Å². The number of hydrogen-bond donors (Lipinski definition) is 2. The van der Waals surface area contributed by atoms with Crippen molar-refractivity contribution in [1.29, 1.82) is 0 Å². The summed E-state index contributed by atoms with van der Waals surface area (Å²) in [6.07, 6.45) is -1.32. The molecule has 3 rings (SSSR count). The lowest BCUT2D eigenvalue weighted by Gasteiger charge is -2.17. The summed E-state index contributed by atoms with van der Waals surface area (Å²) in [7, 11) is 1.51. The predicted molar refractivity (Wildman–Crippen MR) is 89.2 cm³/mol. The molecule has 1 fully saturated rings. The van der Waals surface area contributed by atoms with Crippen LogP contribution in [0.3, 0.4) is 0 Å². The normalized spacial score (nSPS) is 19.3. The van der Waals surface area contributed by atoms with E-state index in [1.807, 2.05) is 18.2 Å². The lowest BCUT2D eigenvalue weighted by Crippen LogP contribution is -2.40. The average molecular weight is 347 g/mol. The first-order valence-corrected chi connectivity index (χ1v) is 7.63. The SMILES string of the molecule is COc1ccc(NC(=O)C2NC(=O)OC2c2ccccc2)cc1Cl. The molecule has 1 aliphatic rings. The number of methoxy groups -OCH3 is 1. The second-order valence-electron chi connectivity index (χ2n) is 5.20. The van der Waals surface area contributed by atoms with Crippen molar-refractivity contribution in [3.8, 4) is 5.75 Å². The monoisotopic (exact) mass is 346 g/mol. The van der Waals surface area contributed by atoms with E-state index in [2.05, 4.69) is 10.6 Å². The van der Waals surface area contributed by atoms with Crippen molar-refractivity contribution in [3.05, 3.63) is 59.1 Å². The van der Waals surface area contributed by atoms with Crippen molar-refractivity contribution < 1.29 is 19.1 Å². The van der Waals surface area contributed by atoms with Crippen molar-refractivity contribution in [1.82, 2.24) is 5.32 Å². The Morgan fingerprint density at radius 1 is 1.25 bits per heavy atom. The van der Waals surface area contributed by atoms with Gasteiger partial charge < -0.3 is 20.1 Å². The minimum atomic E-state index is -0.833. The summed E-state index contributed by atoms with van der Waals surface area (Å²) in [5.74, 6) is 0.116. The Morgan fingerprint density at radius 3 is 2.67 bits per heavy atom. The van der Waals surface area contributed by atoms with Gasteiger partial charge in [0.1, 0.15) is 5.75 Å². The van der Waals surface area contributed by atoms with Crippen molar-refractivity contribution in [2.75, 3.05) is 12.4 Å². The fourth-order valence-electron chi connectivity index (χ4n) is 2.49. The van der Waals surface area contributed by atoms with Gasteiger partial charge in [0.15, 0.2) is 12.1 Å². The Bertz CT molecular complexity index is 766. The molecule has 0 bridgehead atoms. The number of benzene rings is 2. The summed E-state index contributed by atoms with van der Waals surface area (Å²) < 4.78 is 10.3. The van der Waals surface area contributed by atoms with Gasteiger partial charge in [-0.15, -0.1) is 0 Å². The topological polar surface area (TPSA) is 76.7 Å². The average Bonchev–Trinajstić information content (AvgIpc) is 2.98. The third kappa shape index (κ3) is 3.28. The molecule has 0 aromatic heterocycles. The van der Waals surface area contributed by atoms with E-state index in [-0.39, 0.29) is 0 Å². The summed E-state index contributed by atoms with van der Waals surface area (Å²) >= 11 is 6.05. The van der Waals surface area contributed by atoms with Gasteiger partial charge in [-0.3, -0.25) is 4.79 Å². The highest BCUT2D eigenvalue weighted by Gasteiger charge is 2.40. The minimum absolute atomic E-state index is 0.376. The van der Waals surface area contributed by atoms with Gasteiger partial charge in [0, 0.05) is 5.69 Å². The van der Waals surface area contributed by atoms with Crippen LogP contribution in [0.5, 0.6) is 5.75 Å². The predicted octanol–water partition coefficient (Wildman–Crippen LogP) is 3.14. The molecule has 0 aliphatic carbocycles. The van der Waals surface area contributed by atoms with E-state index in [0.29, 0.717) is 16.5 Å².